The van der Waals surface area contributed by atoms with Crippen LogP contribution in [-0.2, 0) is 5.88 Å². The van der Waals surface area contributed by atoms with Gasteiger partial charge in [-0.15, -0.1) is 22.9 Å². The quantitative estimate of drug-likeness (QED) is 0.674. The third-order valence-electron chi connectivity index (χ3n) is 2.92. The number of halogens is 1. The molecule has 0 fully saturated rings. The Hall–Kier alpha value is -1.52. The summed E-state index contributed by atoms with van der Waals surface area (Å²) in [6, 6.07) is 8.04. The number of hydrogen-bond acceptors (Lipinski definition) is 3. The molecule has 5 heteroatoms. The highest BCUT2D eigenvalue weighted by molar-refractivity contribution is 7.15. The first-order valence-corrected chi connectivity index (χ1v) is 7.48. The van der Waals surface area contributed by atoms with E-state index < -0.39 is 0 Å². The van der Waals surface area contributed by atoms with E-state index in [1.165, 1.54) is 0 Å². The fourth-order valence-corrected chi connectivity index (χ4v) is 3.18. The number of hydrogen-bond donors (Lipinski definition) is 0. The minimum absolute atomic E-state index is 0.446. The Labute approximate surface area is 120 Å². The summed E-state index contributed by atoms with van der Waals surface area (Å²) < 4.78 is 7.79. The first-order chi connectivity index (χ1) is 9.35. The summed E-state index contributed by atoms with van der Waals surface area (Å²) in [4.78, 5) is 5.32. The minimum atomic E-state index is 0.446. The van der Waals surface area contributed by atoms with E-state index >= 15 is 0 Å². The van der Waals surface area contributed by atoms with Crippen LogP contribution in [0.3, 0.4) is 0 Å². The Morgan fingerprint density at radius 1 is 1.37 bits per heavy atom. The summed E-state index contributed by atoms with van der Waals surface area (Å²) in [5.74, 6) is 1.33. The number of imidazole rings is 1. The number of nitrogens with zero attached hydrogens (tertiary/aromatic N) is 2. The lowest BCUT2D eigenvalue weighted by atomic mass is 10.1. The van der Waals surface area contributed by atoms with Crippen molar-refractivity contribution in [2.45, 2.75) is 12.8 Å². The number of thiazole rings is 1. The van der Waals surface area contributed by atoms with Crippen LogP contribution < -0.4 is 4.74 Å². The lowest BCUT2D eigenvalue weighted by molar-refractivity contribution is 0.341. The molecule has 0 radical (unpaired) electrons. The molecule has 2 heterocycles. The van der Waals surface area contributed by atoms with E-state index in [4.69, 9.17) is 16.3 Å². The predicted octanol–water partition coefficient (Wildman–Crippen LogP) is 4.20. The van der Waals surface area contributed by atoms with Crippen molar-refractivity contribution >= 4 is 27.9 Å². The number of ether oxygens (including phenoxy) is 1. The number of alkyl halides is 1. The molecule has 3 nitrogen and oxygen atoms in total. The lowest BCUT2D eigenvalue weighted by Crippen LogP contribution is -1.96. The Kier molecular flexibility index (Phi) is 3.44. The Morgan fingerprint density at radius 3 is 3.00 bits per heavy atom. The van der Waals surface area contributed by atoms with Crippen LogP contribution >= 0.6 is 22.9 Å². The second-order valence-corrected chi connectivity index (χ2v) is 5.16. The highest BCUT2D eigenvalue weighted by Crippen LogP contribution is 2.34. The Balaban J connectivity index is 2.21. The van der Waals surface area contributed by atoms with Crippen LogP contribution in [0.25, 0.3) is 16.2 Å². The standard InChI is InChI=1S/C14H13ClN2OS/c1-2-18-13-6-4-3-5-11(13)12-9-19-14-16-8-10(7-15)17(12)14/h3-6,8-9H,2,7H2,1H3. The van der Waals surface area contributed by atoms with Gasteiger partial charge >= 0.3 is 0 Å². The Morgan fingerprint density at radius 2 is 2.21 bits per heavy atom. The molecule has 0 aliphatic carbocycles. The van der Waals surface area contributed by atoms with Crippen LogP contribution in [0.4, 0.5) is 0 Å². The normalized spacial score (nSPS) is 11.1. The third kappa shape index (κ3) is 2.11. The third-order valence-corrected chi connectivity index (χ3v) is 4.03. The second-order valence-electron chi connectivity index (χ2n) is 4.05. The summed E-state index contributed by atoms with van der Waals surface area (Å²) >= 11 is 7.59. The molecular weight excluding hydrogens is 280 g/mol. The fraction of sp³-hybridized carbons (Fsp3) is 0.214. The molecule has 0 amide bonds. The van der Waals surface area contributed by atoms with Gasteiger partial charge in [0.05, 0.1) is 30.1 Å². The molecule has 3 rings (SSSR count). The summed E-state index contributed by atoms with van der Waals surface area (Å²) in [5, 5.41) is 2.09. The van der Waals surface area contributed by atoms with Crippen LogP contribution in [0.5, 0.6) is 5.75 Å². The molecule has 2 aromatic heterocycles. The minimum Gasteiger partial charge on any atom is -0.493 e. The van der Waals surface area contributed by atoms with Gasteiger partial charge in [-0.25, -0.2) is 4.98 Å². The predicted molar refractivity (Wildman–Crippen MR) is 79.2 cm³/mol. The molecule has 19 heavy (non-hydrogen) atoms. The second kappa shape index (κ2) is 5.23. The zero-order chi connectivity index (χ0) is 13.2. The monoisotopic (exact) mass is 292 g/mol. The van der Waals surface area contributed by atoms with E-state index in [0.717, 1.165) is 27.7 Å². The van der Waals surface area contributed by atoms with Crippen molar-refractivity contribution in [2.24, 2.45) is 0 Å². The first kappa shape index (κ1) is 12.5. The molecule has 0 spiro atoms. The average Bonchev–Trinajstić information content (AvgIpc) is 3.01. The zero-order valence-corrected chi connectivity index (χ0v) is 12.0. The maximum absolute atomic E-state index is 5.98. The lowest BCUT2D eigenvalue weighted by Gasteiger charge is -2.09. The zero-order valence-electron chi connectivity index (χ0n) is 10.5. The van der Waals surface area contributed by atoms with Crippen LogP contribution in [-0.4, -0.2) is 16.0 Å². The number of rotatable bonds is 4. The van der Waals surface area contributed by atoms with Gasteiger partial charge < -0.3 is 4.74 Å². The van der Waals surface area contributed by atoms with Crippen molar-refractivity contribution in [1.82, 2.24) is 9.38 Å². The average molecular weight is 293 g/mol. The molecule has 1 aromatic carbocycles. The van der Waals surface area contributed by atoms with Crippen molar-refractivity contribution in [2.75, 3.05) is 6.61 Å². The highest BCUT2D eigenvalue weighted by atomic mass is 35.5. The molecule has 98 valence electrons. The summed E-state index contributed by atoms with van der Waals surface area (Å²) in [5.41, 5.74) is 3.15. The first-order valence-electron chi connectivity index (χ1n) is 6.07. The van der Waals surface area contributed by atoms with Crippen LogP contribution in [0.1, 0.15) is 12.6 Å². The van der Waals surface area contributed by atoms with E-state index in [1.54, 1.807) is 11.3 Å². The van der Waals surface area contributed by atoms with E-state index in [1.807, 2.05) is 31.3 Å². The molecule has 0 saturated heterocycles. The largest absolute Gasteiger partial charge is 0.493 e. The van der Waals surface area contributed by atoms with E-state index in [2.05, 4.69) is 20.8 Å². The van der Waals surface area contributed by atoms with Gasteiger partial charge in [0.25, 0.3) is 0 Å². The van der Waals surface area contributed by atoms with Crippen LogP contribution in [0.2, 0.25) is 0 Å². The van der Waals surface area contributed by atoms with E-state index in [0.29, 0.717) is 12.5 Å². The topological polar surface area (TPSA) is 26.5 Å². The maximum Gasteiger partial charge on any atom is 0.194 e. The molecule has 3 aromatic rings. The molecule has 0 bridgehead atoms. The van der Waals surface area contributed by atoms with Gasteiger partial charge in [0, 0.05) is 10.9 Å². The maximum atomic E-state index is 5.98. The molecule has 0 aliphatic heterocycles. The smallest absolute Gasteiger partial charge is 0.194 e. The van der Waals surface area contributed by atoms with Gasteiger partial charge in [-0.2, -0.15) is 0 Å². The molecular formula is C14H13ClN2OS. The summed E-state index contributed by atoms with van der Waals surface area (Å²) in [6.45, 7) is 2.64. The van der Waals surface area contributed by atoms with Crippen molar-refractivity contribution < 1.29 is 4.74 Å². The summed E-state index contributed by atoms with van der Waals surface area (Å²) in [7, 11) is 0. The summed E-state index contributed by atoms with van der Waals surface area (Å²) in [6.07, 6.45) is 1.83. The molecule has 0 saturated carbocycles. The van der Waals surface area contributed by atoms with Gasteiger partial charge in [-0.1, -0.05) is 12.1 Å². The molecule has 0 aliphatic rings. The number of aromatic nitrogens is 2. The number of benzene rings is 1. The van der Waals surface area contributed by atoms with Gasteiger partial charge in [-0.3, -0.25) is 4.40 Å². The SMILES string of the molecule is CCOc1ccccc1-c1csc2ncc(CCl)n12. The molecule has 0 atom stereocenters. The van der Waals surface area contributed by atoms with E-state index in [-0.39, 0.29) is 0 Å². The van der Waals surface area contributed by atoms with Crippen molar-refractivity contribution in [3.05, 3.63) is 41.5 Å². The molecule has 0 N–H and O–H groups in total. The highest BCUT2D eigenvalue weighted by Gasteiger charge is 2.14. The van der Waals surface area contributed by atoms with E-state index in [9.17, 15) is 0 Å². The fourth-order valence-electron chi connectivity index (χ4n) is 2.11. The number of para-hydroxylation sites is 1. The van der Waals surface area contributed by atoms with Crippen molar-refractivity contribution in [3.63, 3.8) is 0 Å². The van der Waals surface area contributed by atoms with Gasteiger partial charge in [0.1, 0.15) is 5.75 Å². The van der Waals surface area contributed by atoms with Gasteiger partial charge in [-0.05, 0) is 19.1 Å². The van der Waals surface area contributed by atoms with Crippen molar-refractivity contribution in [1.29, 1.82) is 0 Å². The number of fused-ring (bicyclic) bond motifs is 1. The van der Waals surface area contributed by atoms with Crippen LogP contribution in [0, 0.1) is 0 Å². The Bertz CT molecular complexity index is 704. The van der Waals surface area contributed by atoms with Crippen LogP contribution in [0.15, 0.2) is 35.8 Å². The van der Waals surface area contributed by atoms with Gasteiger partial charge in [0.2, 0.25) is 0 Å². The van der Waals surface area contributed by atoms with Gasteiger partial charge in [0.15, 0.2) is 4.96 Å². The van der Waals surface area contributed by atoms with Crippen molar-refractivity contribution in [3.8, 4) is 17.0 Å². The molecule has 0 unspecified atom stereocenters.